The zero-order valence-electron chi connectivity index (χ0n) is 18.3. The van der Waals surface area contributed by atoms with E-state index in [1.807, 2.05) is 26.1 Å². The van der Waals surface area contributed by atoms with Crippen molar-refractivity contribution in [1.29, 1.82) is 0 Å². The minimum Gasteiger partial charge on any atom is -0.379 e. The number of nitrogens with one attached hydrogen (secondary N) is 1. The van der Waals surface area contributed by atoms with Crippen LogP contribution in [0.15, 0.2) is 34.2 Å². The van der Waals surface area contributed by atoms with Gasteiger partial charge in [-0.05, 0) is 56.2 Å². The predicted molar refractivity (Wildman–Crippen MR) is 120 cm³/mol. The first-order valence-corrected chi connectivity index (χ1v) is 12.6. The van der Waals surface area contributed by atoms with Crippen LogP contribution in [0.2, 0.25) is 0 Å². The van der Waals surface area contributed by atoms with Gasteiger partial charge in [0.2, 0.25) is 10.0 Å². The van der Waals surface area contributed by atoms with Crippen LogP contribution in [0.5, 0.6) is 0 Å². The molecule has 1 saturated carbocycles. The van der Waals surface area contributed by atoms with E-state index in [-0.39, 0.29) is 0 Å². The molecule has 0 radical (unpaired) electrons. The summed E-state index contributed by atoms with van der Waals surface area (Å²) in [6.45, 7) is 6.93. The first-order chi connectivity index (χ1) is 14.5. The van der Waals surface area contributed by atoms with Gasteiger partial charge in [-0.25, -0.2) is 13.4 Å². The van der Waals surface area contributed by atoms with Crippen molar-refractivity contribution in [3.8, 4) is 0 Å². The Morgan fingerprint density at radius 2 is 1.90 bits per heavy atom. The zero-order chi connectivity index (χ0) is 21.4. The molecule has 30 heavy (non-hydrogen) atoms. The van der Waals surface area contributed by atoms with Gasteiger partial charge in [0, 0.05) is 39.8 Å². The van der Waals surface area contributed by atoms with E-state index in [4.69, 9.17) is 9.73 Å². The predicted octanol–water partition coefficient (Wildman–Crippen LogP) is 2.69. The second-order valence-corrected chi connectivity index (χ2v) is 10.2. The molecule has 0 bridgehead atoms. The van der Waals surface area contributed by atoms with E-state index < -0.39 is 10.0 Å². The van der Waals surface area contributed by atoms with E-state index in [2.05, 4.69) is 10.2 Å². The molecule has 0 atom stereocenters. The average Bonchev–Trinajstić information content (AvgIpc) is 3.59. The molecule has 1 aliphatic carbocycles. The number of benzene rings is 1. The lowest BCUT2D eigenvalue weighted by atomic mass is 10.2. The summed E-state index contributed by atoms with van der Waals surface area (Å²) in [7, 11) is -1.37. The van der Waals surface area contributed by atoms with Gasteiger partial charge in [-0.2, -0.15) is 4.31 Å². The monoisotopic (exact) mass is 436 g/mol. The molecular formula is C22H36N4O3S. The Labute approximate surface area is 181 Å². The van der Waals surface area contributed by atoms with Gasteiger partial charge in [0.15, 0.2) is 5.96 Å². The Bertz CT molecular complexity index is 785. The van der Waals surface area contributed by atoms with Crippen molar-refractivity contribution in [2.45, 2.75) is 50.5 Å². The number of nitrogens with zero attached hydrogens (tertiary/aromatic N) is 3. The molecule has 1 heterocycles. The van der Waals surface area contributed by atoms with Gasteiger partial charge in [0.05, 0.1) is 18.0 Å². The van der Waals surface area contributed by atoms with Crippen molar-refractivity contribution in [2.24, 2.45) is 10.9 Å². The van der Waals surface area contributed by atoms with E-state index in [1.165, 1.54) is 12.8 Å². The Morgan fingerprint density at radius 3 is 2.53 bits per heavy atom. The molecule has 1 aromatic rings. The molecule has 1 saturated heterocycles. The van der Waals surface area contributed by atoms with Gasteiger partial charge < -0.3 is 15.0 Å². The van der Waals surface area contributed by atoms with E-state index in [1.54, 1.807) is 16.4 Å². The second-order valence-electron chi connectivity index (χ2n) is 8.22. The zero-order valence-corrected chi connectivity index (χ0v) is 19.2. The molecule has 8 heteroatoms. The van der Waals surface area contributed by atoms with Crippen molar-refractivity contribution in [2.75, 3.05) is 46.4 Å². The minimum atomic E-state index is -3.38. The summed E-state index contributed by atoms with van der Waals surface area (Å²) >= 11 is 0. The van der Waals surface area contributed by atoms with Crippen LogP contribution >= 0.6 is 0 Å². The maximum Gasteiger partial charge on any atom is 0.243 e. The first kappa shape index (κ1) is 23.0. The van der Waals surface area contributed by atoms with Crippen molar-refractivity contribution >= 4 is 16.0 Å². The summed E-state index contributed by atoms with van der Waals surface area (Å²) in [5.41, 5.74) is 0.987. The van der Waals surface area contributed by atoms with Gasteiger partial charge in [-0.3, -0.25) is 0 Å². The van der Waals surface area contributed by atoms with Crippen molar-refractivity contribution in [3.05, 3.63) is 29.8 Å². The summed E-state index contributed by atoms with van der Waals surface area (Å²) in [4.78, 5) is 7.15. The molecule has 0 aromatic heterocycles. The van der Waals surface area contributed by atoms with E-state index in [0.29, 0.717) is 31.1 Å². The number of likely N-dealkylation sites (N-methyl/N-ethyl adjacent to an activating group) is 1. The second kappa shape index (κ2) is 11.1. The molecule has 0 spiro atoms. The average molecular weight is 437 g/mol. The number of aliphatic imine (C=N–C) groups is 1. The highest BCUT2D eigenvalue weighted by Gasteiger charge is 2.25. The normalized spacial score (nSPS) is 18.4. The van der Waals surface area contributed by atoms with Crippen LogP contribution in [0.25, 0.3) is 0 Å². The van der Waals surface area contributed by atoms with Crippen molar-refractivity contribution in [1.82, 2.24) is 14.5 Å². The Morgan fingerprint density at radius 1 is 1.20 bits per heavy atom. The Kier molecular flexibility index (Phi) is 8.53. The molecule has 1 N–H and O–H groups in total. The SMILES string of the molecule is CCNC(=NCc1ccc(S(=O)(=O)N2CCCCC2)cc1)N(C)CCOCC1CC1. The third-order valence-electron chi connectivity index (χ3n) is 5.61. The molecule has 1 aliphatic heterocycles. The maximum atomic E-state index is 12.8. The fraction of sp³-hybridized carbons (Fsp3) is 0.682. The molecule has 0 unspecified atom stereocenters. The molecule has 7 nitrogen and oxygen atoms in total. The van der Waals surface area contributed by atoms with Gasteiger partial charge >= 0.3 is 0 Å². The Hall–Kier alpha value is -1.64. The van der Waals surface area contributed by atoms with Gasteiger partial charge in [0.25, 0.3) is 0 Å². The summed E-state index contributed by atoms with van der Waals surface area (Å²) < 4.78 is 32.9. The number of guanidine groups is 1. The molecule has 168 valence electrons. The first-order valence-electron chi connectivity index (χ1n) is 11.2. The van der Waals surface area contributed by atoms with Gasteiger partial charge in [0.1, 0.15) is 0 Å². The van der Waals surface area contributed by atoms with Gasteiger partial charge in [-0.15, -0.1) is 0 Å². The number of ether oxygens (including phenoxy) is 1. The quantitative estimate of drug-likeness (QED) is 0.347. The van der Waals surface area contributed by atoms with Crippen LogP contribution in [0.1, 0.15) is 44.6 Å². The molecular weight excluding hydrogens is 400 g/mol. The largest absolute Gasteiger partial charge is 0.379 e. The number of piperidine rings is 1. The highest BCUT2D eigenvalue weighted by molar-refractivity contribution is 7.89. The number of sulfonamides is 1. The summed E-state index contributed by atoms with van der Waals surface area (Å²) in [6, 6.07) is 7.14. The maximum absolute atomic E-state index is 12.8. The lowest BCUT2D eigenvalue weighted by Gasteiger charge is -2.25. The van der Waals surface area contributed by atoms with Crippen LogP contribution in [0.4, 0.5) is 0 Å². The lowest BCUT2D eigenvalue weighted by Crippen LogP contribution is -2.40. The minimum absolute atomic E-state index is 0.369. The lowest BCUT2D eigenvalue weighted by molar-refractivity contribution is 0.115. The van der Waals surface area contributed by atoms with Crippen LogP contribution < -0.4 is 5.32 Å². The van der Waals surface area contributed by atoms with Crippen molar-refractivity contribution in [3.63, 3.8) is 0 Å². The molecule has 0 amide bonds. The summed E-state index contributed by atoms with van der Waals surface area (Å²) in [6.07, 6.45) is 5.60. The molecule has 2 fully saturated rings. The van der Waals surface area contributed by atoms with Crippen LogP contribution in [-0.2, 0) is 21.3 Å². The topological polar surface area (TPSA) is 74.2 Å². The fourth-order valence-electron chi connectivity index (χ4n) is 3.50. The van der Waals surface area contributed by atoms with Gasteiger partial charge in [-0.1, -0.05) is 18.6 Å². The Balaban J connectivity index is 1.55. The highest BCUT2D eigenvalue weighted by Crippen LogP contribution is 2.28. The van der Waals surface area contributed by atoms with Crippen LogP contribution in [0, 0.1) is 5.92 Å². The fourth-order valence-corrected chi connectivity index (χ4v) is 5.02. The third kappa shape index (κ3) is 6.68. The number of hydrogen-bond donors (Lipinski definition) is 1. The number of hydrogen-bond acceptors (Lipinski definition) is 4. The van der Waals surface area contributed by atoms with E-state index >= 15 is 0 Å². The highest BCUT2D eigenvalue weighted by atomic mass is 32.2. The van der Waals surface area contributed by atoms with Crippen LogP contribution in [0.3, 0.4) is 0 Å². The summed E-state index contributed by atoms with van der Waals surface area (Å²) in [5, 5.41) is 3.31. The molecule has 2 aliphatic rings. The van der Waals surface area contributed by atoms with Crippen LogP contribution in [-0.4, -0.2) is 70.0 Å². The standard InChI is InChI=1S/C22H36N4O3S/c1-3-23-22(25(2)15-16-29-18-20-7-8-20)24-17-19-9-11-21(12-10-19)30(27,28)26-13-5-4-6-14-26/h9-12,20H,3-8,13-18H2,1-2H3,(H,23,24). The molecule has 3 rings (SSSR count). The smallest absolute Gasteiger partial charge is 0.243 e. The van der Waals surface area contributed by atoms with E-state index in [0.717, 1.165) is 56.4 Å². The number of rotatable bonds is 10. The summed E-state index contributed by atoms with van der Waals surface area (Å²) in [5.74, 6) is 1.61. The molecule has 1 aromatic carbocycles. The third-order valence-corrected chi connectivity index (χ3v) is 7.52. The van der Waals surface area contributed by atoms with E-state index in [9.17, 15) is 8.42 Å². The van der Waals surface area contributed by atoms with Crippen molar-refractivity contribution < 1.29 is 13.2 Å².